The molecule has 1 amide bonds. The van der Waals surface area contributed by atoms with Crippen LogP contribution in [0.15, 0.2) is 36.8 Å². The number of imidazole rings is 1. The molecule has 0 atom stereocenters. The van der Waals surface area contributed by atoms with Gasteiger partial charge in [0.2, 0.25) is 0 Å². The van der Waals surface area contributed by atoms with E-state index in [1.54, 1.807) is 23.7 Å². The van der Waals surface area contributed by atoms with Gasteiger partial charge in [0.15, 0.2) is 0 Å². The van der Waals surface area contributed by atoms with E-state index in [-0.39, 0.29) is 11.7 Å². The summed E-state index contributed by atoms with van der Waals surface area (Å²) in [6.07, 6.45) is 2.97. The van der Waals surface area contributed by atoms with Gasteiger partial charge in [-0.15, -0.1) is 0 Å². The Morgan fingerprint density at radius 2 is 2.06 bits per heavy atom. The van der Waals surface area contributed by atoms with Gasteiger partial charge < -0.3 is 5.32 Å². The molecule has 4 nitrogen and oxygen atoms in total. The lowest BCUT2D eigenvalue weighted by atomic mass is 10.3. The van der Waals surface area contributed by atoms with E-state index >= 15 is 0 Å². The monoisotopic (exact) mass is 219 g/mol. The van der Waals surface area contributed by atoms with E-state index < -0.39 is 0 Å². The number of hydrogen-bond acceptors (Lipinski definition) is 2. The van der Waals surface area contributed by atoms with Crippen molar-refractivity contribution < 1.29 is 9.18 Å². The molecule has 2 rings (SSSR count). The van der Waals surface area contributed by atoms with Gasteiger partial charge in [0.25, 0.3) is 5.91 Å². The molecule has 1 aromatic heterocycles. The maximum Gasteiger partial charge on any atom is 0.269 e. The standard InChI is InChI=1S/C11H10FN3O/c1-13-11(16)10-6-14-7-15(10)9-4-2-8(12)3-5-9/h2-7H,1H3,(H,13,16). The maximum atomic E-state index is 12.7. The maximum absolute atomic E-state index is 12.7. The molecule has 0 fully saturated rings. The van der Waals surface area contributed by atoms with Crippen LogP contribution >= 0.6 is 0 Å². The van der Waals surface area contributed by atoms with Gasteiger partial charge in [-0.05, 0) is 24.3 Å². The lowest BCUT2D eigenvalue weighted by Crippen LogP contribution is -2.20. The first-order valence-corrected chi connectivity index (χ1v) is 4.72. The average Bonchev–Trinajstić information content (AvgIpc) is 2.78. The summed E-state index contributed by atoms with van der Waals surface area (Å²) in [5.74, 6) is -0.549. The van der Waals surface area contributed by atoms with Crippen LogP contribution in [0.1, 0.15) is 10.5 Å². The lowest BCUT2D eigenvalue weighted by Gasteiger charge is -2.06. The zero-order valence-electron chi connectivity index (χ0n) is 8.64. The van der Waals surface area contributed by atoms with Crippen molar-refractivity contribution in [1.29, 1.82) is 0 Å². The van der Waals surface area contributed by atoms with Crippen LogP contribution in [0.3, 0.4) is 0 Å². The van der Waals surface area contributed by atoms with E-state index in [9.17, 15) is 9.18 Å². The van der Waals surface area contributed by atoms with Gasteiger partial charge in [0, 0.05) is 12.7 Å². The first-order chi connectivity index (χ1) is 7.72. The van der Waals surface area contributed by atoms with Gasteiger partial charge in [-0.25, -0.2) is 9.37 Å². The highest BCUT2D eigenvalue weighted by atomic mass is 19.1. The van der Waals surface area contributed by atoms with Crippen molar-refractivity contribution >= 4 is 5.91 Å². The highest BCUT2D eigenvalue weighted by molar-refractivity contribution is 5.92. The second-order valence-corrected chi connectivity index (χ2v) is 3.20. The van der Waals surface area contributed by atoms with Crippen LogP contribution in [0.5, 0.6) is 0 Å². The number of rotatable bonds is 2. The normalized spacial score (nSPS) is 10.1. The van der Waals surface area contributed by atoms with Crippen molar-refractivity contribution in [3.63, 3.8) is 0 Å². The second kappa shape index (κ2) is 4.14. The Balaban J connectivity index is 2.44. The van der Waals surface area contributed by atoms with Crippen molar-refractivity contribution in [1.82, 2.24) is 14.9 Å². The molecule has 0 aliphatic rings. The molecule has 0 radical (unpaired) electrons. The van der Waals surface area contributed by atoms with Crippen LogP contribution in [0.2, 0.25) is 0 Å². The van der Waals surface area contributed by atoms with E-state index in [2.05, 4.69) is 10.3 Å². The Morgan fingerprint density at radius 3 is 2.69 bits per heavy atom. The summed E-state index contributed by atoms with van der Waals surface area (Å²) in [6.45, 7) is 0. The summed E-state index contributed by atoms with van der Waals surface area (Å²) in [7, 11) is 1.55. The molecule has 0 spiro atoms. The molecule has 0 aliphatic carbocycles. The zero-order chi connectivity index (χ0) is 11.5. The van der Waals surface area contributed by atoms with Crippen molar-refractivity contribution in [2.75, 3.05) is 7.05 Å². The highest BCUT2D eigenvalue weighted by Crippen LogP contribution is 2.11. The summed E-state index contributed by atoms with van der Waals surface area (Å²) in [5.41, 5.74) is 1.10. The van der Waals surface area contributed by atoms with Crippen LogP contribution in [-0.4, -0.2) is 22.5 Å². The van der Waals surface area contributed by atoms with Gasteiger partial charge >= 0.3 is 0 Å². The number of halogens is 1. The molecule has 1 aromatic carbocycles. The van der Waals surface area contributed by atoms with Gasteiger partial charge in [0.05, 0.1) is 12.5 Å². The third kappa shape index (κ3) is 1.79. The Bertz CT molecular complexity index is 504. The zero-order valence-corrected chi connectivity index (χ0v) is 8.64. The third-order valence-corrected chi connectivity index (χ3v) is 2.20. The molecule has 5 heteroatoms. The summed E-state index contributed by atoms with van der Waals surface area (Å²) in [5, 5.41) is 2.52. The van der Waals surface area contributed by atoms with Gasteiger partial charge in [-0.3, -0.25) is 9.36 Å². The van der Waals surface area contributed by atoms with Crippen LogP contribution in [-0.2, 0) is 0 Å². The Morgan fingerprint density at radius 1 is 1.38 bits per heavy atom. The van der Waals surface area contributed by atoms with Crippen LogP contribution < -0.4 is 5.32 Å². The molecular formula is C11H10FN3O. The number of aromatic nitrogens is 2. The number of nitrogens with one attached hydrogen (secondary N) is 1. The van der Waals surface area contributed by atoms with Crippen LogP contribution in [0.4, 0.5) is 4.39 Å². The van der Waals surface area contributed by atoms with Crippen molar-refractivity contribution in [2.24, 2.45) is 0 Å². The Labute approximate surface area is 91.7 Å². The topological polar surface area (TPSA) is 46.9 Å². The Hall–Kier alpha value is -2.17. The molecule has 0 unspecified atom stereocenters. The van der Waals surface area contributed by atoms with Gasteiger partial charge in [-0.1, -0.05) is 0 Å². The molecule has 0 bridgehead atoms. The number of hydrogen-bond donors (Lipinski definition) is 1. The molecule has 0 saturated heterocycles. The number of carbonyl (C=O) groups is 1. The third-order valence-electron chi connectivity index (χ3n) is 2.20. The number of benzene rings is 1. The first-order valence-electron chi connectivity index (χ1n) is 4.72. The van der Waals surface area contributed by atoms with E-state index in [1.807, 2.05) is 0 Å². The molecule has 0 saturated carbocycles. The SMILES string of the molecule is CNC(=O)c1cncn1-c1ccc(F)cc1. The molecule has 2 aromatic rings. The Kier molecular flexibility index (Phi) is 2.68. The van der Waals surface area contributed by atoms with E-state index in [0.29, 0.717) is 11.4 Å². The lowest BCUT2D eigenvalue weighted by molar-refractivity contribution is 0.0956. The molecule has 0 aliphatic heterocycles. The highest BCUT2D eigenvalue weighted by Gasteiger charge is 2.10. The molecule has 82 valence electrons. The summed E-state index contributed by atoms with van der Waals surface area (Å²) >= 11 is 0. The predicted octanol–water partition coefficient (Wildman–Crippen LogP) is 1.37. The average molecular weight is 219 g/mol. The number of carbonyl (C=O) groups excluding carboxylic acids is 1. The molecular weight excluding hydrogens is 209 g/mol. The van der Waals surface area contributed by atoms with Crippen LogP contribution in [0.25, 0.3) is 5.69 Å². The molecule has 1 N–H and O–H groups in total. The van der Waals surface area contributed by atoms with E-state index in [1.165, 1.54) is 24.7 Å². The summed E-state index contributed by atoms with van der Waals surface area (Å²) in [6, 6.07) is 5.85. The van der Waals surface area contributed by atoms with Gasteiger partial charge in [-0.2, -0.15) is 0 Å². The van der Waals surface area contributed by atoms with Crippen molar-refractivity contribution in [3.8, 4) is 5.69 Å². The largest absolute Gasteiger partial charge is 0.354 e. The fourth-order valence-corrected chi connectivity index (χ4v) is 1.40. The second-order valence-electron chi connectivity index (χ2n) is 3.20. The summed E-state index contributed by atoms with van der Waals surface area (Å²) < 4.78 is 14.3. The van der Waals surface area contributed by atoms with Crippen molar-refractivity contribution in [3.05, 3.63) is 48.3 Å². The first kappa shape index (κ1) is 10.4. The smallest absolute Gasteiger partial charge is 0.269 e. The minimum Gasteiger partial charge on any atom is -0.354 e. The fourth-order valence-electron chi connectivity index (χ4n) is 1.40. The van der Waals surface area contributed by atoms with Crippen LogP contribution in [0, 0.1) is 5.82 Å². The summed E-state index contributed by atoms with van der Waals surface area (Å²) in [4.78, 5) is 15.4. The molecule has 1 heterocycles. The minimum atomic E-state index is -0.314. The molecule has 16 heavy (non-hydrogen) atoms. The fraction of sp³-hybridized carbons (Fsp3) is 0.0909. The predicted molar refractivity (Wildman–Crippen MR) is 56.9 cm³/mol. The van der Waals surface area contributed by atoms with E-state index in [0.717, 1.165) is 0 Å². The van der Waals surface area contributed by atoms with E-state index in [4.69, 9.17) is 0 Å². The van der Waals surface area contributed by atoms with Crippen molar-refractivity contribution in [2.45, 2.75) is 0 Å². The number of amides is 1. The number of nitrogens with zero attached hydrogens (tertiary/aromatic N) is 2. The quantitative estimate of drug-likeness (QED) is 0.829. The van der Waals surface area contributed by atoms with Gasteiger partial charge in [0.1, 0.15) is 11.5 Å². The minimum absolute atomic E-state index is 0.234.